The van der Waals surface area contributed by atoms with Gasteiger partial charge in [-0.1, -0.05) is 0 Å². The molecule has 1 N–H and O–H groups in total. The second-order valence-corrected chi connectivity index (χ2v) is 5.75. The van der Waals surface area contributed by atoms with E-state index < -0.39 is 0 Å². The first-order valence-corrected chi connectivity index (χ1v) is 7.85. The molecule has 3 rings (SSSR count). The van der Waals surface area contributed by atoms with Crippen molar-refractivity contribution in [3.05, 3.63) is 30.1 Å². The first-order chi connectivity index (χ1) is 11.1. The van der Waals surface area contributed by atoms with E-state index in [0.717, 1.165) is 12.8 Å². The van der Waals surface area contributed by atoms with Gasteiger partial charge in [-0.15, -0.1) is 0 Å². The Bertz CT molecular complexity index is 564. The molecule has 124 valence electrons. The van der Waals surface area contributed by atoms with Gasteiger partial charge in [0.1, 0.15) is 11.9 Å². The number of hydrogen-bond donors (Lipinski definition) is 1. The van der Waals surface area contributed by atoms with Gasteiger partial charge in [0.25, 0.3) is 5.91 Å². The van der Waals surface area contributed by atoms with E-state index in [4.69, 9.17) is 4.74 Å². The third-order valence-electron chi connectivity index (χ3n) is 4.18. The number of benzene rings is 1. The monoisotopic (exact) mass is 321 g/mol. The molecule has 0 aromatic heterocycles. The summed E-state index contributed by atoms with van der Waals surface area (Å²) in [5.41, 5.74) is 0.550. The number of piperazine rings is 1. The fraction of sp³-hybridized carbons (Fsp3) is 0.500. The molecule has 0 aliphatic carbocycles. The molecule has 2 aliphatic rings. The molecule has 2 fully saturated rings. The summed E-state index contributed by atoms with van der Waals surface area (Å²) < 4.78 is 18.3. The zero-order valence-electron chi connectivity index (χ0n) is 12.8. The Labute approximate surface area is 134 Å². The Morgan fingerprint density at radius 2 is 1.74 bits per heavy atom. The molecule has 6 nitrogen and oxygen atoms in total. The smallest absolute Gasteiger partial charge is 0.321 e. The summed E-state index contributed by atoms with van der Waals surface area (Å²) in [6.07, 6.45) is 1.40. The maximum atomic E-state index is 12.9. The molecule has 7 heteroatoms. The van der Waals surface area contributed by atoms with E-state index in [1.165, 1.54) is 24.3 Å². The van der Waals surface area contributed by atoms with Crippen LogP contribution in [0.3, 0.4) is 0 Å². The highest BCUT2D eigenvalue weighted by Gasteiger charge is 2.31. The lowest BCUT2D eigenvalue weighted by Crippen LogP contribution is -2.53. The highest BCUT2D eigenvalue weighted by atomic mass is 19.1. The van der Waals surface area contributed by atoms with Crippen LogP contribution < -0.4 is 5.32 Å². The minimum absolute atomic E-state index is 0.0288. The van der Waals surface area contributed by atoms with Gasteiger partial charge in [-0.05, 0) is 37.1 Å². The first kappa shape index (κ1) is 15.7. The molecule has 0 saturated carbocycles. The number of rotatable bonds is 2. The quantitative estimate of drug-likeness (QED) is 0.901. The average molecular weight is 321 g/mol. The van der Waals surface area contributed by atoms with Crippen LogP contribution in [-0.2, 0) is 9.53 Å². The highest BCUT2D eigenvalue weighted by Crippen LogP contribution is 2.16. The molecule has 1 atom stereocenters. The molecule has 2 aliphatic heterocycles. The van der Waals surface area contributed by atoms with E-state index in [1.54, 1.807) is 9.80 Å². The van der Waals surface area contributed by atoms with Crippen molar-refractivity contribution in [2.45, 2.75) is 18.9 Å². The number of ether oxygens (including phenoxy) is 1. The summed E-state index contributed by atoms with van der Waals surface area (Å²) in [6, 6.07) is 5.40. The van der Waals surface area contributed by atoms with Gasteiger partial charge in [-0.3, -0.25) is 4.79 Å². The molecule has 1 aromatic rings. The van der Waals surface area contributed by atoms with Crippen molar-refractivity contribution in [3.63, 3.8) is 0 Å². The topological polar surface area (TPSA) is 61.9 Å². The van der Waals surface area contributed by atoms with Crippen LogP contribution in [0.15, 0.2) is 24.3 Å². The Morgan fingerprint density at radius 1 is 1.09 bits per heavy atom. The Balaban J connectivity index is 1.49. The molecule has 1 aromatic carbocycles. The van der Waals surface area contributed by atoms with Crippen LogP contribution in [0.2, 0.25) is 0 Å². The number of hydrogen-bond acceptors (Lipinski definition) is 3. The highest BCUT2D eigenvalue weighted by molar-refractivity contribution is 5.89. The second-order valence-electron chi connectivity index (χ2n) is 5.75. The summed E-state index contributed by atoms with van der Waals surface area (Å²) in [7, 11) is 0. The number of nitrogens with one attached hydrogen (secondary N) is 1. The predicted molar refractivity (Wildman–Crippen MR) is 82.5 cm³/mol. The van der Waals surface area contributed by atoms with Crippen LogP contribution in [0, 0.1) is 5.82 Å². The molecule has 0 bridgehead atoms. The number of amides is 3. The van der Waals surface area contributed by atoms with Crippen LogP contribution in [0.4, 0.5) is 14.9 Å². The molecule has 3 amide bonds. The van der Waals surface area contributed by atoms with E-state index in [1.807, 2.05) is 0 Å². The van der Waals surface area contributed by atoms with Crippen molar-refractivity contribution in [3.8, 4) is 0 Å². The van der Waals surface area contributed by atoms with Crippen molar-refractivity contribution >= 4 is 17.6 Å². The first-order valence-electron chi connectivity index (χ1n) is 7.85. The van der Waals surface area contributed by atoms with Crippen molar-refractivity contribution in [2.24, 2.45) is 0 Å². The molecule has 0 radical (unpaired) electrons. The largest absolute Gasteiger partial charge is 0.368 e. The van der Waals surface area contributed by atoms with Gasteiger partial charge in [-0.25, -0.2) is 9.18 Å². The van der Waals surface area contributed by atoms with E-state index in [-0.39, 0.29) is 23.9 Å². The van der Waals surface area contributed by atoms with Crippen molar-refractivity contribution < 1.29 is 18.7 Å². The number of anilines is 1. The van der Waals surface area contributed by atoms with Crippen LogP contribution >= 0.6 is 0 Å². The van der Waals surface area contributed by atoms with Crippen molar-refractivity contribution in [2.75, 3.05) is 38.1 Å². The summed E-state index contributed by atoms with van der Waals surface area (Å²) in [5.74, 6) is -0.314. The number of urea groups is 1. The molecular weight excluding hydrogens is 301 g/mol. The molecule has 2 heterocycles. The minimum Gasteiger partial charge on any atom is -0.368 e. The molecular formula is C16H20FN3O3. The maximum absolute atomic E-state index is 12.9. The maximum Gasteiger partial charge on any atom is 0.321 e. The standard InChI is InChI=1S/C16H20FN3O3/c17-12-3-5-13(6-4-12)18-16(22)20-9-7-19(8-10-20)15(21)14-2-1-11-23-14/h3-6,14H,1-2,7-11H2,(H,18,22)/t14-/m0/s1. The normalized spacial score (nSPS) is 21.3. The summed E-state index contributed by atoms with van der Waals surface area (Å²) >= 11 is 0. The lowest BCUT2D eigenvalue weighted by molar-refractivity contribution is -0.142. The van der Waals surface area contributed by atoms with Gasteiger partial charge < -0.3 is 19.9 Å². The SMILES string of the molecule is O=C(Nc1ccc(F)cc1)N1CCN(C(=O)[C@@H]2CCCO2)CC1. The summed E-state index contributed by atoms with van der Waals surface area (Å²) in [5, 5.41) is 2.73. The summed E-state index contributed by atoms with van der Waals surface area (Å²) in [4.78, 5) is 27.8. The fourth-order valence-electron chi connectivity index (χ4n) is 2.84. The molecule has 0 unspecified atom stereocenters. The van der Waals surface area contributed by atoms with Gasteiger partial charge in [0.2, 0.25) is 0 Å². The number of carbonyl (C=O) groups is 2. The van der Waals surface area contributed by atoms with Crippen LogP contribution in [0.5, 0.6) is 0 Å². The predicted octanol–water partition coefficient (Wildman–Crippen LogP) is 1.68. The third-order valence-corrected chi connectivity index (χ3v) is 4.18. The fourth-order valence-corrected chi connectivity index (χ4v) is 2.84. The second kappa shape index (κ2) is 6.95. The van der Waals surface area contributed by atoms with E-state index in [0.29, 0.717) is 38.5 Å². The minimum atomic E-state index is -0.343. The zero-order valence-corrected chi connectivity index (χ0v) is 12.8. The molecule has 23 heavy (non-hydrogen) atoms. The Morgan fingerprint density at radius 3 is 2.35 bits per heavy atom. The van der Waals surface area contributed by atoms with Crippen LogP contribution in [-0.4, -0.2) is 60.6 Å². The molecule has 0 spiro atoms. The number of nitrogens with zero attached hydrogens (tertiary/aromatic N) is 2. The zero-order chi connectivity index (χ0) is 16.2. The summed E-state index contributed by atoms with van der Waals surface area (Å²) in [6.45, 7) is 2.62. The van der Waals surface area contributed by atoms with Gasteiger partial charge >= 0.3 is 6.03 Å². The number of halogens is 1. The van der Waals surface area contributed by atoms with Gasteiger partial charge in [0.15, 0.2) is 0 Å². The van der Waals surface area contributed by atoms with Gasteiger partial charge in [0, 0.05) is 38.5 Å². The number of carbonyl (C=O) groups excluding carboxylic acids is 2. The lowest BCUT2D eigenvalue weighted by atomic mass is 10.2. The van der Waals surface area contributed by atoms with E-state index >= 15 is 0 Å². The average Bonchev–Trinajstić information content (AvgIpc) is 3.11. The van der Waals surface area contributed by atoms with E-state index in [2.05, 4.69) is 5.32 Å². The Kier molecular flexibility index (Phi) is 4.76. The van der Waals surface area contributed by atoms with Crippen molar-refractivity contribution in [1.29, 1.82) is 0 Å². The third kappa shape index (κ3) is 3.79. The molecule has 2 saturated heterocycles. The van der Waals surface area contributed by atoms with Crippen LogP contribution in [0.1, 0.15) is 12.8 Å². The lowest BCUT2D eigenvalue weighted by Gasteiger charge is -2.35. The Hall–Kier alpha value is -2.15. The van der Waals surface area contributed by atoms with Gasteiger partial charge in [-0.2, -0.15) is 0 Å². The van der Waals surface area contributed by atoms with Crippen LogP contribution in [0.25, 0.3) is 0 Å². The van der Waals surface area contributed by atoms with Crippen molar-refractivity contribution in [1.82, 2.24) is 9.80 Å². The van der Waals surface area contributed by atoms with Gasteiger partial charge in [0.05, 0.1) is 0 Å². The van der Waals surface area contributed by atoms with E-state index in [9.17, 15) is 14.0 Å².